The number of carbonyl (C=O) groups is 1. The summed E-state index contributed by atoms with van der Waals surface area (Å²) in [6.45, 7) is 1.69. The average Bonchev–Trinajstić information content (AvgIpc) is 2.10. The van der Waals surface area contributed by atoms with Crippen molar-refractivity contribution in [3.63, 3.8) is 0 Å². The van der Waals surface area contributed by atoms with Crippen LogP contribution in [0.4, 0.5) is 5.88 Å². The Balaban J connectivity index is 3.15. The standard InChI is InChI=1S/C6H7NO2/c1-4-5(3-8)2-6(7)9-4/h2-3H,7H2,1H3. The summed E-state index contributed by atoms with van der Waals surface area (Å²) >= 11 is 0. The number of hydrogen-bond donors (Lipinski definition) is 1. The predicted octanol–water partition coefficient (Wildman–Crippen LogP) is 0.983. The molecule has 1 heterocycles. The number of aryl methyl sites for hydroxylation is 1. The third-order valence-corrected chi connectivity index (χ3v) is 1.10. The lowest BCUT2D eigenvalue weighted by Gasteiger charge is -1.79. The van der Waals surface area contributed by atoms with Crippen LogP contribution < -0.4 is 5.73 Å². The van der Waals surface area contributed by atoms with Crippen LogP contribution in [0.5, 0.6) is 0 Å². The van der Waals surface area contributed by atoms with Gasteiger partial charge in [-0.3, -0.25) is 4.79 Å². The molecule has 0 fully saturated rings. The first kappa shape index (κ1) is 5.88. The normalized spacial score (nSPS) is 9.44. The molecule has 1 rings (SSSR count). The highest BCUT2D eigenvalue weighted by molar-refractivity contribution is 5.77. The van der Waals surface area contributed by atoms with Crippen LogP contribution >= 0.6 is 0 Å². The zero-order chi connectivity index (χ0) is 6.85. The Morgan fingerprint density at radius 3 is 2.67 bits per heavy atom. The molecule has 3 nitrogen and oxygen atoms in total. The second-order valence-corrected chi connectivity index (χ2v) is 1.78. The molecule has 3 heteroatoms. The summed E-state index contributed by atoms with van der Waals surface area (Å²) in [5, 5.41) is 0. The highest BCUT2D eigenvalue weighted by atomic mass is 16.3. The van der Waals surface area contributed by atoms with Gasteiger partial charge in [-0.1, -0.05) is 0 Å². The Hall–Kier alpha value is -1.25. The van der Waals surface area contributed by atoms with E-state index in [1.165, 1.54) is 6.07 Å². The molecule has 0 saturated heterocycles. The number of rotatable bonds is 1. The van der Waals surface area contributed by atoms with Crippen molar-refractivity contribution in [2.24, 2.45) is 0 Å². The molecule has 48 valence electrons. The maximum atomic E-state index is 10.1. The van der Waals surface area contributed by atoms with Gasteiger partial charge in [0.1, 0.15) is 5.76 Å². The number of nitrogens with two attached hydrogens (primary N) is 1. The Morgan fingerprint density at radius 1 is 1.78 bits per heavy atom. The van der Waals surface area contributed by atoms with Crippen molar-refractivity contribution in [3.8, 4) is 0 Å². The molecular formula is C6H7NO2. The van der Waals surface area contributed by atoms with Gasteiger partial charge in [0.15, 0.2) is 12.2 Å². The number of anilines is 1. The van der Waals surface area contributed by atoms with Crippen LogP contribution in [0.15, 0.2) is 10.5 Å². The van der Waals surface area contributed by atoms with E-state index in [4.69, 9.17) is 10.2 Å². The fraction of sp³-hybridized carbons (Fsp3) is 0.167. The highest BCUT2D eigenvalue weighted by Crippen LogP contribution is 2.12. The average molecular weight is 125 g/mol. The van der Waals surface area contributed by atoms with Crippen molar-refractivity contribution >= 4 is 12.2 Å². The first-order valence-electron chi connectivity index (χ1n) is 2.55. The van der Waals surface area contributed by atoms with Crippen LogP contribution in [0.1, 0.15) is 16.1 Å². The number of carbonyl (C=O) groups excluding carboxylic acids is 1. The molecule has 0 unspecified atom stereocenters. The van der Waals surface area contributed by atoms with E-state index < -0.39 is 0 Å². The molecule has 9 heavy (non-hydrogen) atoms. The number of furan rings is 1. The summed E-state index contributed by atoms with van der Waals surface area (Å²) < 4.78 is 4.85. The summed E-state index contributed by atoms with van der Waals surface area (Å²) in [5.74, 6) is 0.858. The maximum Gasteiger partial charge on any atom is 0.191 e. The summed E-state index contributed by atoms with van der Waals surface area (Å²) in [6.07, 6.45) is 0.717. The van der Waals surface area contributed by atoms with E-state index >= 15 is 0 Å². The van der Waals surface area contributed by atoms with Gasteiger partial charge in [-0.25, -0.2) is 0 Å². The monoisotopic (exact) mass is 125 g/mol. The van der Waals surface area contributed by atoms with E-state index in [0.29, 0.717) is 11.3 Å². The van der Waals surface area contributed by atoms with Gasteiger partial charge in [-0.05, 0) is 6.92 Å². The van der Waals surface area contributed by atoms with Crippen LogP contribution in [-0.2, 0) is 0 Å². The van der Waals surface area contributed by atoms with Crippen LogP contribution in [0.25, 0.3) is 0 Å². The van der Waals surface area contributed by atoms with Gasteiger partial charge in [0.2, 0.25) is 0 Å². The van der Waals surface area contributed by atoms with Crippen molar-refractivity contribution in [1.82, 2.24) is 0 Å². The summed E-state index contributed by atoms with van der Waals surface area (Å²) in [6, 6.07) is 1.50. The molecule has 0 saturated carbocycles. The molecule has 0 aliphatic carbocycles. The van der Waals surface area contributed by atoms with Crippen molar-refractivity contribution in [2.45, 2.75) is 6.92 Å². The van der Waals surface area contributed by atoms with E-state index in [-0.39, 0.29) is 5.88 Å². The topological polar surface area (TPSA) is 56.2 Å². The van der Waals surface area contributed by atoms with Gasteiger partial charge in [0.25, 0.3) is 0 Å². The van der Waals surface area contributed by atoms with Gasteiger partial charge in [0.05, 0.1) is 5.56 Å². The van der Waals surface area contributed by atoms with E-state index in [2.05, 4.69) is 0 Å². The van der Waals surface area contributed by atoms with Gasteiger partial charge < -0.3 is 10.2 Å². The maximum absolute atomic E-state index is 10.1. The summed E-state index contributed by atoms with van der Waals surface area (Å²) in [5.41, 5.74) is 5.75. The lowest BCUT2D eigenvalue weighted by atomic mass is 10.3. The SMILES string of the molecule is Cc1oc(N)cc1C=O. The highest BCUT2D eigenvalue weighted by Gasteiger charge is 2.01. The molecule has 0 aliphatic rings. The molecule has 0 spiro atoms. The molecule has 0 radical (unpaired) electrons. The molecular weight excluding hydrogens is 118 g/mol. The van der Waals surface area contributed by atoms with Crippen molar-refractivity contribution in [3.05, 3.63) is 17.4 Å². The minimum atomic E-state index is 0.287. The zero-order valence-corrected chi connectivity index (χ0v) is 5.05. The predicted molar refractivity (Wildman–Crippen MR) is 33.2 cm³/mol. The number of nitrogen functional groups attached to an aromatic ring is 1. The number of hydrogen-bond acceptors (Lipinski definition) is 3. The van der Waals surface area contributed by atoms with E-state index in [0.717, 1.165) is 6.29 Å². The van der Waals surface area contributed by atoms with E-state index in [9.17, 15) is 4.79 Å². The third kappa shape index (κ3) is 0.937. The van der Waals surface area contributed by atoms with Crippen LogP contribution in [0.3, 0.4) is 0 Å². The largest absolute Gasteiger partial charge is 0.446 e. The van der Waals surface area contributed by atoms with Crippen molar-refractivity contribution in [1.29, 1.82) is 0 Å². The Morgan fingerprint density at radius 2 is 2.44 bits per heavy atom. The molecule has 0 atom stereocenters. The van der Waals surface area contributed by atoms with Gasteiger partial charge in [-0.2, -0.15) is 0 Å². The third-order valence-electron chi connectivity index (χ3n) is 1.10. The summed E-state index contributed by atoms with van der Waals surface area (Å²) in [4.78, 5) is 10.1. The molecule has 1 aromatic heterocycles. The number of aldehydes is 1. The van der Waals surface area contributed by atoms with E-state index in [1.807, 2.05) is 0 Å². The second kappa shape index (κ2) is 1.93. The Kier molecular flexibility index (Phi) is 1.26. The molecule has 2 N–H and O–H groups in total. The minimum Gasteiger partial charge on any atom is -0.446 e. The van der Waals surface area contributed by atoms with Crippen LogP contribution in [0, 0.1) is 6.92 Å². The first-order chi connectivity index (χ1) is 4.24. The van der Waals surface area contributed by atoms with Crippen molar-refractivity contribution < 1.29 is 9.21 Å². The quantitative estimate of drug-likeness (QED) is 0.569. The van der Waals surface area contributed by atoms with Crippen molar-refractivity contribution in [2.75, 3.05) is 5.73 Å². The summed E-state index contributed by atoms with van der Waals surface area (Å²) in [7, 11) is 0. The van der Waals surface area contributed by atoms with E-state index in [1.54, 1.807) is 6.92 Å². The first-order valence-corrected chi connectivity index (χ1v) is 2.55. The van der Waals surface area contributed by atoms with Crippen LogP contribution in [0.2, 0.25) is 0 Å². The molecule has 1 aromatic rings. The Labute approximate surface area is 52.5 Å². The lowest BCUT2D eigenvalue weighted by Crippen LogP contribution is -1.76. The fourth-order valence-corrected chi connectivity index (χ4v) is 0.637. The lowest BCUT2D eigenvalue weighted by molar-refractivity contribution is 0.112. The zero-order valence-electron chi connectivity index (χ0n) is 5.05. The Bertz CT molecular complexity index is 227. The molecule has 0 bridgehead atoms. The molecule has 0 aromatic carbocycles. The van der Waals surface area contributed by atoms with Gasteiger partial charge in [-0.15, -0.1) is 0 Å². The molecule has 0 aliphatic heterocycles. The van der Waals surface area contributed by atoms with Gasteiger partial charge >= 0.3 is 0 Å². The van der Waals surface area contributed by atoms with Crippen LogP contribution in [-0.4, -0.2) is 6.29 Å². The van der Waals surface area contributed by atoms with Gasteiger partial charge in [0, 0.05) is 6.07 Å². The minimum absolute atomic E-state index is 0.287. The smallest absolute Gasteiger partial charge is 0.191 e. The molecule has 0 amide bonds. The fourth-order valence-electron chi connectivity index (χ4n) is 0.637. The second-order valence-electron chi connectivity index (χ2n) is 1.78.